The molecule has 0 saturated carbocycles. The van der Waals surface area contributed by atoms with E-state index in [1.807, 2.05) is 22.6 Å². The summed E-state index contributed by atoms with van der Waals surface area (Å²) in [5.74, 6) is -2.71. The highest BCUT2D eigenvalue weighted by Gasteiger charge is 2.20. The third kappa shape index (κ3) is 6.77. The van der Waals surface area contributed by atoms with Crippen LogP contribution >= 0.6 is 22.6 Å². The average Bonchev–Trinajstić information content (AvgIpc) is 2.73. The molecule has 1 amide bonds. The van der Waals surface area contributed by atoms with Crippen molar-refractivity contribution in [2.75, 3.05) is 29.5 Å². The number of ether oxygens (including phenoxy) is 2. The van der Waals surface area contributed by atoms with Crippen LogP contribution in [-0.2, 0) is 14.8 Å². The van der Waals surface area contributed by atoms with Gasteiger partial charge in [-0.15, -0.1) is 0 Å². The summed E-state index contributed by atoms with van der Waals surface area (Å²) in [7, 11) is -2.29. The first-order valence-electron chi connectivity index (χ1n) is 9.71. The van der Waals surface area contributed by atoms with E-state index in [-0.39, 0.29) is 46.5 Å². The van der Waals surface area contributed by atoms with Crippen molar-refractivity contribution >= 4 is 55.6 Å². The molecule has 12 heteroatoms. The molecule has 0 aliphatic carbocycles. The average molecular weight is 603 g/mol. The van der Waals surface area contributed by atoms with Gasteiger partial charge in [0.05, 0.1) is 29.4 Å². The maximum Gasteiger partial charge on any atom is 0.254 e. The number of nitrogens with two attached hydrogens (primary N) is 1. The van der Waals surface area contributed by atoms with E-state index in [1.54, 1.807) is 6.07 Å². The van der Waals surface area contributed by atoms with E-state index in [9.17, 15) is 22.0 Å². The number of hydrogen-bond donors (Lipinski definition) is 3. The molecule has 0 saturated heterocycles. The lowest BCUT2D eigenvalue weighted by molar-refractivity contribution is 0.0999. The molecule has 0 spiro atoms. The molecule has 0 fully saturated rings. The van der Waals surface area contributed by atoms with E-state index in [4.69, 9.17) is 15.2 Å². The van der Waals surface area contributed by atoms with Crippen LogP contribution in [0.4, 0.5) is 25.8 Å². The fourth-order valence-electron chi connectivity index (χ4n) is 2.92. The van der Waals surface area contributed by atoms with Gasteiger partial charge in [0.25, 0.3) is 5.91 Å². The van der Waals surface area contributed by atoms with Gasteiger partial charge >= 0.3 is 0 Å². The molecule has 0 heterocycles. The minimum Gasteiger partial charge on any atom is -0.456 e. The van der Waals surface area contributed by atoms with Crippen molar-refractivity contribution in [3.63, 3.8) is 0 Å². The monoisotopic (exact) mass is 603 g/mol. The molecule has 8 nitrogen and oxygen atoms in total. The van der Waals surface area contributed by atoms with Crippen molar-refractivity contribution in [2.24, 2.45) is 5.73 Å². The summed E-state index contributed by atoms with van der Waals surface area (Å²) >= 11 is 1.94. The van der Waals surface area contributed by atoms with Gasteiger partial charge in [0.1, 0.15) is 28.7 Å². The second-order valence-corrected chi connectivity index (χ2v) is 10.1. The molecule has 0 aliphatic rings. The first kappa shape index (κ1) is 25.6. The number of rotatable bonds is 10. The van der Waals surface area contributed by atoms with Crippen molar-refractivity contribution in [3.05, 3.63) is 75.4 Å². The summed E-state index contributed by atoms with van der Waals surface area (Å²) in [6.07, 6.45) is 0. The number of nitrogens with one attached hydrogen (secondary N) is 2. The van der Waals surface area contributed by atoms with Crippen LogP contribution in [-0.4, -0.2) is 33.8 Å². The number of amides is 1. The number of anilines is 3. The van der Waals surface area contributed by atoms with E-state index in [0.29, 0.717) is 3.57 Å². The quantitative estimate of drug-likeness (QED) is 0.292. The minimum atomic E-state index is -3.67. The lowest BCUT2D eigenvalue weighted by Crippen LogP contribution is -2.19. The Labute approximate surface area is 208 Å². The number of carbonyl (C=O) groups excluding carboxylic acids is 1. The smallest absolute Gasteiger partial charge is 0.254 e. The molecule has 0 bridgehead atoms. The number of sulfonamides is 1. The topological polar surface area (TPSA) is 120 Å². The molecule has 3 aromatic carbocycles. The fraction of sp³-hybridized carbons (Fsp3) is 0.136. The van der Waals surface area contributed by atoms with Gasteiger partial charge in [0.2, 0.25) is 10.0 Å². The van der Waals surface area contributed by atoms with Gasteiger partial charge in [-0.2, -0.15) is 0 Å². The summed E-state index contributed by atoms with van der Waals surface area (Å²) in [5, 5.41) is 2.68. The maximum atomic E-state index is 14.4. The van der Waals surface area contributed by atoms with Gasteiger partial charge in [0, 0.05) is 22.8 Å². The van der Waals surface area contributed by atoms with Crippen molar-refractivity contribution < 1.29 is 31.5 Å². The van der Waals surface area contributed by atoms with Crippen LogP contribution in [0.1, 0.15) is 10.4 Å². The highest BCUT2D eigenvalue weighted by Crippen LogP contribution is 2.35. The Hall–Kier alpha value is -2.97. The molecule has 0 radical (unpaired) electrons. The summed E-state index contributed by atoms with van der Waals surface area (Å²) in [5.41, 5.74) is 5.39. The molecule has 34 heavy (non-hydrogen) atoms. The Morgan fingerprint density at radius 3 is 2.53 bits per heavy atom. The Kier molecular flexibility index (Phi) is 8.28. The molecule has 0 aromatic heterocycles. The van der Waals surface area contributed by atoms with Gasteiger partial charge in [0.15, 0.2) is 0 Å². The Morgan fingerprint density at radius 2 is 1.85 bits per heavy atom. The number of carbonyl (C=O) groups is 1. The van der Waals surface area contributed by atoms with Crippen LogP contribution in [0, 0.1) is 15.2 Å². The second kappa shape index (κ2) is 11.0. The zero-order chi connectivity index (χ0) is 24.9. The maximum absolute atomic E-state index is 14.4. The lowest BCUT2D eigenvalue weighted by Gasteiger charge is -2.16. The van der Waals surface area contributed by atoms with Crippen molar-refractivity contribution in [3.8, 4) is 11.5 Å². The molecular weight excluding hydrogens is 583 g/mol. The third-order valence-corrected chi connectivity index (χ3v) is 6.33. The number of primary amides is 1. The molecule has 3 aromatic rings. The number of methoxy groups -OCH3 is 1. The zero-order valence-corrected chi connectivity index (χ0v) is 20.7. The van der Waals surface area contributed by atoms with Gasteiger partial charge in [-0.3, -0.25) is 9.52 Å². The number of halogens is 3. The van der Waals surface area contributed by atoms with Crippen molar-refractivity contribution in [1.82, 2.24) is 0 Å². The standard InChI is InChI=1S/C22H20F2IN3O5S/c1-32-7-8-34(30,31)28-15-3-2-4-16(12-15)33-20-10-13(23)9-19(21(20)22(26)29)27-18-6-5-14(25)11-17(18)24/h2-6,9-12,27-28H,7-8H2,1H3,(H2,26,29). The van der Waals surface area contributed by atoms with E-state index in [0.717, 1.165) is 12.1 Å². The Morgan fingerprint density at radius 1 is 1.09 bits per heavy atom. The van der Waals surface area contributed by atoms with Crippen LogP contribution in [0.25, 0.3) is 0 Å². The SMILES string of the molecule is COCCS(=O)(=O)Nc1cccc(Oc2cc(F)cc(Nc3ccc(I)cc3F)c2C(N)=O)c1. The lowest BCUT2D eigenvalue weighted by atomic mass is 10.1. The summed E-state index contributed by atoms with van der Waals surface area (Å²) < 4.78 is 66.4. The summed E-state index contributed by atoms with van der Waals surface area (Å²) in [6, 6.07) is 12.1. The Balaban J connectivity index is 1.94. The summed E-state index contributed by atoms with van der Waals surface area (Å²) in [4.78, 5) is 12.2. The van der Waals surface area contributed by atoms with Crippen LogP contribution in [0.5, 0.6) is 11.5 Å². The van der Waals surface area contributed by atoms with Gasteiger partial charge < -0.3 is 20.5 Å². The van der Waals surface area contributed by atoms with E-state index in [2.05, 4.69) is 10.0 Å². The number of benzene rings is 3. The predicted molar refractivity (Wildman–Crippen MR) is 133 cm³/mol. The van der Waals surface area contributed by atoms with Crippen LogP contribution < -0.4 is 20.5 Å². The highest BCUT2D eigenvalue weighted by molar-refractivity contribution is 14.1. The molecule has 0 atom stereocenters. The first-order chi connectivity index (χ1) is 16.1. The number of hydrogen-bond acceptors (Lipinski definition) is 6. The van der Waals surface area contributed by atoms with E-state index >= 15 is 0 Å². The van der Waals surface area contributed by atoms with E-state index in [1.165, 1.54) is 43.5 Å². The second-order valence-electron chi connectivity index (χ2n) is 6.98. The first-order valence-corrected chi connectivity index (χ1v) is 12.4. The molecule has 180 valence electrons. The Bertz CT molecular complexity index is 1320. The van der Waals surface area contributed by atoms with Crippen molar-refractivity contribution in [1.29, 1.82) is 0 Å². The largest absolute Gasteiger partial charge is 0.456 e. The van der Waals surface area contributed by atoms with Gasteiger partial charge in [-0.1, -0.05) is 6.07 Å². The van der Waals surface area contributed by atoms with E-state index < -0.39 is 27.6 Å². The predicted octanol–water partition coefficient (Wildman–Crippen LogP) is 4.59. The van der Waals surface area contributed by atoms with Crippen LogP contribution in [0.3, 0.4) is 0 Å². The highest BCUT2D eigenvalue weighted by atomic mass is 127. The molecule has 0 unspecified atom stereocenters. The van der Waals surface area contributed by atoms with Gasteiger partial charge in [-0.05, 0) is 59.0 Å². The molecule has 0 aliphatic heterocycles. The minimum absolute atomic E-state index is 0.00642. The van der Waals surface area contributed by atoms with Crippen LogP contribution in [0.15, 0.2) is 54.6 Å². The van der Waals surface area contributed by atoms with Crippen LogP contribution in [0.2, 0.25) is 0 Å². The third-order valence-electron chi connectivity index (χ3n) is 4.41. The normalized spacial score (nSPS) is 11.2. The van der Waals surface area contributed by atoms with Gasteiger partial charge in [-0.25, -0.2) is 17.2 Å². The molecular formula is C22H20F2IN3O5S. The molecule has 3 rings (SSSR count). The molecule has 4 N–H and O–H groups in total. The van der Waals surface area contributed by atoms with Crippen molar-refractivity contribution in [2.45, 2.75) is 0 Å². The fourth-order valence-corrected chi connectivity index (χ4v) is 4.35. The zero-order valence-electron chi connectivity index (χ0n) is 17.8. The summed E-state index contributed by atoms with van der Waals surface area (Å²) in [6.45, 7) is 0.00766.